The van der Waals surface area contributed by atoms with Gasteiger partial charge in [-0.25, -0.2) is 9.59 Å². The molecule has 61 heavy (non-hydrogen) atoms. The average molecular weight is 850 g/mol. The molecule has 1 saturated heterocycles. The van der Waals surface area contributed by atoms with Crippen LogP contribution in [0.3, 0.4) is 0 Å². The lowest BCUT2D eigenvalue weighted by Gasteiger charge is -2.29. The Labute approximate surface area is 357 Å². The van der Waals surface area contributed by atoms with Gasteiger partial charge in [-0.15, -0.1) is 0 Å². The van der Waals surface area contributed by atoms with Crippen LogP contribution >= 0.6 is 0 Å². The Morgan fingerprint density at radius 1 is 0.787 bits per heavy atom. The number of carboxylic acid groups (broad SMARTS) is 1. The number of carbonyl (C=O) groups excluding carboxylic acids is 7. The van der Waals surface area contributed by atoms with Crippen molar-refractivity contribution < 1.29 is 43.5 Å². The number of amides is 8. The molecule has 7 unspecified atom stereocenters. The van der Waals surface area contributed by atoms with Gasteiger partial charge in [0.1, 0.15) is 36.3 Å². The summed E-state index contributed by atoms with van der Waals surface area (Å²) in [6.45, 7) is 4.03. The molecular formula is C43H63N9O9. The molecule has 1 fully saturated rings. The summed E-state index contributed by atoms with van der Waals surface area (Å²) in [5.74, 6) is -5.81. The first-order chi connectivity index (χ1) is 29.3. The van der Waals surface area contributed by atoms with Crippen LogP contribution in [0.25, 0.3) is 0 Å². The van der Waals surface area contributed by atoms with Crippen molar-refractivity contribution in [2.24, 2.45) is 11.7 Å². The van der Waals surface area contributed by atoms with Crippen LogP contribution < -0.4 is 48.3 Å². The van der Waals surface area contributed by atoms with E-state index >= 15 is 0 Å². The molecule has 0 bridgehead atoms. The van der Waals surface area contributed by atoms with Crippen LogP contribution in [0.5, 0.6) is 0 Å². The van der Waals surface area contributed by atoms with Gasteiger partial charge in [0.15, 0.2) is 0 Å². The number of carbonyl (C=O) groups is 8. The number of hydrogen-bond donors (Lipinski definition) is 10. The number of carboxylic acids is 1. The molecule has 1 aliphatic heterocycles. The molecule has 0 aliphatic carbocycles. The fourth-order valence-electron chi connectivity index (χ4n) is 6.73. The molecule has 18 nitrogen and oxygen atoms in total. The quantitative estimate of drug-likeness (QED) is 0.105. The van der Waals surface area contributed by atoms with Gasteiger partial charge in [0.25, 0.3) is 0 Å². The van der Waals surface area contributed by atoms with Crippen molar-refractivity contribution in [3.63, 3.8) is 0 Å². The standard InChI is InChI=1S/C43H63N9O9/c1-4-27(2)36-41(58)47-31(22-21-28-15-7-5-8-16-28)38(55)49-34(26-35(53)45-3)40(57)48-33(25-29-17-9-6-10-18-29)37(54)46-24-14-12-19-30(39(56)52-36)50-43(61)51-32(42(59)60)20-11-13-23-44/h5-10,15-18,27,30-34,36H,4,11-14,19-26,44H2,1-3H3,(H,45,53)(H,46,54)(H,47,58)(H,48,57)(H,49,55)(H,52,56)(H,59,60)(H2,50,51,61). The zero-order chi connectivity index (χ0) is 44.7. The number of unbranched alkanes of at least 4 members (excludes halogenated alkanes) is 1. The summed E-state index contributed by atoms with van der Waals surface area (Å²) < 4.78 is 0. The van der Waals surface area contributed by atoms with Gasteiger partial charge in [0.2, 0.25) is 35.4 Å². The van der Waals surface area contributed by atoms with E-state index in [0.29, 0.717) is 45.1 Å². The summed E-state index contributed by atoms with van der Waals surface area (Å²) in [5.41, 5.74) is 7.14. The van der Waals surface area contributed by atoms with Crippen LogP contribution in [0.15, 0.2) is 60.7 Å². The minimum absolute atomic E-state index is 0.0440. The minimum atomic E-state index is -1.44. The molecule has 2 aromatic rings. The maximum absolute atomic E-state index is 14.2. The van der Waals surface area contributed by atoms with Gasteiger partial charge in [-0.05, 0) is 75.0 Å². The van der Waals surface area contributed by atoms with Crippen molar-refractivity contribution in [3.8, 4) is 0 Å². The Morgan fingerprint density at radius 2 is 1.41 bits per heavy atom. The van der Waals surface area contributed by atoms with E-state index in [4.69, 9.17) is 5.73 Å². The van der Waals surface area contributed by atoms with Crippen LogP contribution in [-0.2, 0) is 46.4 Å². The van der Waals surface area contributed by atoms with E-state index in [1.54, 1.807) is 37.3 Å². The third-order valence-corrected chi connectivity index (χ3v) is 10.6. The second-order valence-electron chi connectivity index (χ2n) is 15.3. The first-order valence-electron chi connectivity index (χ1n) is 21.0. The molecule has 0 spiro atoms. The minimum Gasteiger partial charge on any atom is -0.480 e. The van der Waals surface area contributed by atoms with Gasteiger partial charge >= 0.3 is 12.0 Å². The highest BCUT2D eigenvalue weighted by molar-refractivity contribution is 5.98. The number of rotatable bonds is 16. The summed E-state index contributed by atoms with van der Waals surface area (Å²) in [6.07, 6.45) is 2.22. The Balaban J connectivity index is 2.02. The predicted molar refractivity (Wildman–Crippen MR) is 227 cm³/mol. The number of urea groups is 1. The van der Waals surface area contributed by atoms with Gasteiger partial charge in [0.05, 0.1) is 6.42 Å². The number of hydrogen-bond acceptors (Lipinski definition) is 9. The van der Waals surface area contributed by atoms with Crippen LogP contribution in [0.4, 0.5) is 4.79 Å². The molecule has 18 heteroatoms. The maximum atomic E-state index is 14.2. The molecule has 1 heterocycles. The maximum Gasteiger partial charge on any atom is 0.326 e. The van der Waals surface area contributed by atoms with Crippen LogP contribution in [0.2, 0.25) is 0 Å². The number of benzene rings is 2. The van der Waals surface area contributed by atoms with Crippen molar-refractivity contribution >= 4 is 47.4 Å². The molecule has 7 atom stereocenters. The van der Waals surface area contributed by atoms with Gasteiger partial charge in [-0.3, -0.25) is 28.8 Å². The highest BCUT2D eigenvalue weighted by atomic mass is 16.4. The number of aliphatic carboxylic acids is 1. The molecule has 1 aliphatic rings. The predicted octanol–water partition coefficient (Wildman–Crippen LogP) is 0.533. The molecule has 0 saturated carbocycles. The molecule has 3 rings (SSSR count). The van der Waals surface area contributed by atoms with Gasteiger partial charge in [-0.1, -0.05) is 80.9 Å². The fraction of sp³-hybridized carbons (Fsp3) is 0.535. The third-order valence-electron chi connectivity index (χ3n) is 10.6. The summed E-state index contributed by atoms with van der Waals surface area (Å²) in [6, 6.07) is 9.76. The molecule has 11 N–H and O–H groups in total. The summed E-state index contributed by atoms with van der Waals surface area (Å²) in [4.78, 5) is 108. The van der Waals surface area contributed by atoms with Crippen LogP contribution in [0, 0.1) is 5.92 Å². The SMILES string of the molecule is CCC(C)C1NC(=O)C(NC(=O)NC(CCCCN)C(=O)O)CCCCNC(=O)C(Cc2ccccc2)NC(=O)C(CC(=O)NC)NC(=O)C(CCc2ccccc2)NC1=O. The van der Waals surface area contributed by atoms with E-state index in [0.717, 1.165) is 11.1 Å². The summed E-state index contributed by atoms with van der Waals surface area (Å²) in [7, 11) is 1.38. The summed E-state index contributed by atoms with van der Waals surface area (Å²) >= 11 is 0. The van der Waals surface area contributed by atoms with E-state index in [1.807, 2.05) is 37.3 Å². The summed E-state index contributed by atoms with van der Waals surface area (Å²) in [5, 5.41) is 30.9. The molecule has 0 radical (unpaired) electrons. The van der Waals surface area contributed by atoms with Crippen molar-refractivity contribution in [2.75, 3.05) is 20.1 Å². The first-order valence-corrected chi connectivity index (χ1v) is 21.0. The molecular weight excluding hydrogens is 787 g/mol. The van der Waals surface area contributed by atoms with E-state index in [1.165, 1.54) is 7.05 Å². The number of nitrogens with one attached hydrogen (secondary N) is 8. The molecule has 8 amide bonds. The highest BCUT2D eigenvalue weighted by Crippen LogP contribution is 2.14. The lowest BCUT2D eigenvalue weighted by molar-refractivity contribution is -0.139. The van der Waals surface area contributed by atoms with Crippen molar-refractivity contribution in [2.45, 2.75) is 121 Å². The smallest absolute Gasteiger partial charge is 0.326 e. The topological polar surface area (TPSA) is 279 Å². The molecule has 0 aromatic heterocycles. The van der Waals surface area contributed by atoms with Crippen molar-refractivity contribution in [3.05, 3.63) is 71.8 Å². The van der Waals surface area contributed by atoms with E-state index in [9.17, 15) is 43.5 Å². The van der Waals surface area contributed by atoms with Gasteiger partial charge in [-0.2, -0.15) is 0 Å². The van der Waals surface area contributed by atoms with E-state index < -0.39 is 96.0 Å². The van der Waals surface area contributed by atoms with Crippen LogP contribution in [-0.4, -0.2) is 109 Å². The second kappa shape index (κ2) is 26.2. The zero-order valence-corrected chi connectivity index (χ0v) is 35.3. The highest BCUT2D eigenvalue weighted by Gasteiger charge is 2.35. The Morgan fingerprint density at radius 3 is 2.03 bits per heavy atom. The normalized spacial score (nSPS) is 21.9. The Bertz CT molecular complexity index is 1770. The van der Waals surface area contributed by atoms with Crippen molar-refractivity contribution in [1.82, 2.24) is 42.5 Å². The Kier molecular flexibility index (Phi) is 21.2. The van der Waals surface area contributed by atoms with Gasteiger partial charge < -0.3 is 53.4 Å². The van der Waals surface area contributed by atoms with Gasteiger partial charge in [0, 0.05) is 20.0 Å². The monoisotopic (exact) mass is 849 g/mol. The van der Waals surface area contributed by atoms with E-state index in [-0.39, 0.29) is 32.2 Å². The Hall–Kier alpha value is -6.04. The lowest BCUT2D eigenvalue weighted by atomic mass is 9.96. The average Bonchev–Trinajstić information content (AvgIpc) is 3.25. The molecule has 334 valence electrons. The third kappa shape index (κ3) is 17.2. The first kappa shape index (κ1) is 49.3. The second-order valence-corrected chi connectivity index (χ2v) is 15.3. The largest absolute Gasteiger partial charge is 0.480 e. The number of aryl methyl sites for hydroxylation is 1. The number of nitrogens with two attached hydrogens (primary N) is 1. The fourth-order valence-corrected chi connectivity index (χ4v) is 6.73. The lowest BCUT2D eigenvalue weighted by Crippen LogP contribution is -2.61. The zero-order valence-electron chi connectivity index (χ0n) is 35.3. The molecule has 2 aromatic carbocycles. The van der Waals surface area contributed by atoms with Crippen molar-refractivity contribution in [1.29, 1.82) is 0 Å². The van der Waals surface area contributed by atoms with Crippen LogP contribution in [0.1, 0.15) is 82.8 Å². The van der Waals surface area contributed by atoms with E-state index in [2.05, 4.69) is 42.5 Å².